The summed E-state index contributed by atoms with van der Waals surface area (Å²) in [4.78, 5) is 17.5. The fourth-order valence-corrected chi connectivity index (χ4v) is 5.00. The number of nitrogens with zero attached hydrogens (tertiary/aromatic N) is 2. The summed E-state index contributed by atoms with van der Waals surface area (Å²) in [6.07, 6.45) is 4.00. The molecule has 1 aliphatic carbocycles. The van der Waals surface area contributed by atoms with E-state index in [4.69, 9.17) is 21.1 Å². The summed E-state index contributed by atoms with van der Waals surface area (Å²) in [5.74, 6) is 2.06. The van der Waals surface area contributed by atoms with Crippen LogP contribution >= 0.6 is 11.6 Å². The molecule has 35 heavy (non-hydrogen) atoms. The smallest absolute Gasteiger partial charge is 0.232 e. The number of hydrogen-bond donors (Lipinski definition) is 0. The maximum atomic E-state index is 13.6. The van der Waals surface area contributed by atoms with E-state index in [0.717, 1.165) is 33.8 Å². The van der Waals surface area contributed by atoms with Crippen molar-refractivity contribution in [3.05, 3.63) is 82.4 Å². The maximum Gasteiger partial charge on any atom is 0.232 e. The third-order valence-electron chi connectivity index (χ3n) is 7.12. The third-order valence-corrected chi connectivity index (χ3v) is 7.37. The largest absolute Gasteiger partial charge is 0.493 e. The number of benzene rings is 3. The van der Waals surface area contributed by atoms with Crippen LogP contribution in [0.1, 0.15) is 42.0 Å². The van der Waals surface area contributed by atoms with Gasteiger partial charge >= 0.3 is 0 Å². The van der Waals surface area contributed by atoms with Gasteiger partial charge in [-0.05, 0) is 84.0 Å². The van der Waals surface area contributed by atoms with Gasteiger partial charge < -0.3 is 19.3 Å². The van der Waals surface area contributed by atoms with Gasteiger partial charge in [-0.25, -0.2) is 0 Å². The molecule has 182 valence electrons. The van der Waals surface area contributed by atoms with Crippen molar-refractivity contribution in [1.29, 1.82) is 0 Å². The zero-order chi connectivity index (χ0) is 24.5. The molecule has 1 aliphatic heterocycles. The van der Waals surface area contributed by atoms with Crippen LogP contribution in [0.15, 0.2) is 60.7 Å². The summed E-state index contributed by atoms with van der Waals surface area (Å²) in [5, 5.41) is 0.664. The standard InChI is InChI=1S/C29H31ClN2O3/c1-31(2)23-11-13-24(14-12-23)32-28(33)16-21-15-26(34-3)27(35-18-19-5-4-6-19)17-25(21)29(32)20-7-9-22(30)10-8-20/h7-15,17,19,29H,4-6,16,18H2,1-3H3. The number of rotatable bonds is 7. The second kappa shape index (κ2) is 9.82. The summed E-state index contributed by atoms with van der Waals surface area (Å²) < 4.78 is 11.9. The Hall–Kier alpha value is -3.18. The molecule has 1 atom stereocenters. The molecule has 5 nitrogen and oxygen atoms in total. The highest BCUT2D eigenvalue weighted by molar-refractivity contribution is 6.30. The van der Waals surface area contributed by atoms with E-state index in [1.165, 1.54) is 19.3 Å². The molecule has 1 fully saturated rings. The Morgan fingerprint density at radius 3 is 2.31 bits per heavy atom. The lowest BCUT2D eigenvalue weighted by Gasteiger charge is -2.38. The molecule has 1 unspecified atom stereocenters. The zero-order valence-electron chi connectivity index (χ0n) is 20.5. The van der Waals surface area contributed by atoms with Crippen molar-refractivity contribution in [3.8, 4) is 11.5 Å². The van der Waals surface area contributed by atoms with Crippen molar-refractivity contribution < 1.29 is 14.3 Å². The molecular formula is C29H31ClN2O3. The van der Waals surface area contributed by atoms with E-state index in [1.807, 2.05) is 78.5 Å². The molecule has 5 rings (SSSR count). The molecule has 1 saturated carbocycles. The zero-order valence-corrected chi connectivity index (χ0v) is 21.2. The predicted molar refractivity (Wildman–Crippen MR) is 141 cm³/mol. The number of carbonyl (C=O) groups excluding carboxylic acids is 1. The number of methoxy groups -OCH3 is 1. The first-order valence-electron chi connectivity index (χ1n) is 12.1. The number of fused-ring (bicyclic) bond motifs is 1. The lowest BCUT2D eigenvalue weighted by Crippen LogP contribution is -2.41. The first kappa shape index (κ1) is 23.6. The maximum absolute atomic E-state index is 13.6. The predicted octanol–water partition coefficient (Wildman–Crippen LogP) is 6.27. The van der Waals surface area contributed by atoms with Crippen molar-refractivity contribution in [3.63, 3.8) is 0 Å². The van der Waals surface area contributed by atoms with Crippen LogP contribution in [0.4, 0.5) is 11.4 Å². The average Bonchev–Trinajstić information content (AvgIpc) is 2.82. The monoisotopic (exact) mass is 490 g/mol. The Balaban J connectivity index is 1.60. The Bertz CT molecular complexity index is 1200. The van der Waals surface area contributed by atoms with Crippen LogP contribution in [0, 0.1) is 5.92 Å². The van der Waals surface area contributed by atoms with Crippen LogP contribution < -0.4 is 19.3 Å². The minimum absolute atomic E-state index is 0.0419. The van der Waals surface area contributed by atoms with Crippen LogP contribution in [0.3, 0.4) is 0 Å². The summed E-state index contributed by atoms with van der Waals surface area (Å²) in [7, 11) is 5.66. The van der Waals surface area contributed by atoms with E-state index in [9.17, 15) is 4.79 Å². The van der Waals surface area contributed by atoms with Gasteiger partial charge in [0, 0.05) is 30.5 Å². The van der Waals surface area contributed by atoms with Gasteiger partial charge in [-0.1, -0.05) is 30.2 Å². The van der Waals surface area contributed by atoms with Gasteiger partial charge in [0.1, 0.15) is 0 Å². The minimum atomic E-state index is -0.300. The Labute approximate surface area is 212 Å². The highest BCUT2D eigenvalue weighted by Gasteiger charge is 2.36. The van der Waals surface area contributed by atoms with E-state index in [-0.39, 0.29) is 11.9 Å². The van der Waals surface area contributed by atoms with E-state index in [2.05, 4.69) is 6.07 Å². The molecule has 2 aliphatic rings. The normalized spacial score (nSPS) is 17.5. The number of amides is 1. The topological polar surface area (TPSA) is 42.0 Å². The van der Waals surface area contributed by atoms with Gasteiger partial charge in [-0.3, -0.25) is 4.79 Å². The molecule has 1 amide bonds. The van der Waals surface area contributed by atoms with Crippen molar-refractivity contribution >= 4 is 28.9 Å². The second-order valence-electron chi connectivity index (χ2n) is 9.62. The quantitative estimate of drug-likeness (QED) is 0.391. The molecule has 6 heteroatoms. The average molecular weight is 491 g/mol. The lowest BCUT2D eigenvalue weighted by atomic mass is 9.86. The van der Waals surface area contributed by atoms with Gasteiger partial charge in [0.25, 0.3) is 0 Å². The summed E-state index contributed by atoms with van der Waals surface area (Å²) in [5.41, 5.74) is 4.95. The van der Waals surface area contributed by atoms with Crippen LogP contribution in [0.2, 0.25) is 5.02 Å². The molecule has 0 bridgehead atoms. The molecule has 0 spiro atoms. The summed E-state index contributed by atoms with van der Waals surface area (Å²) >= 11 is 6.21. The van der Waals surface area contributed by atoms with Crippen molar-refractivity contribution in [2.75, 3.05) is 37.6 Å². The van der Waals surface area contributed by atoms with Gasteiger partial charge in [0.2, 0.25) is 5.91 Å². The van der Waals surface area contributed by atoms with E-state index in [1.54, 1.807) is 7.11 Å². The van der Waals surface area contributed by atoms with Gasteiger partial charge in [0.15, 0.2) is 11.5 Å². The Kier molecular flexibility index (Phi) is 6.61. The van der Waals surface area contributed by atoms with E-state index < -0.39 is 0 Å². The minimum Gasteiger partial charge on any atom is -0.493 e. The van der Waals surface area contributed by atoms with Gasteiger partial charge in [-0.15, -0.1) is 0 Å². The molecule has 0 saturated heterocycles. The van der Waals surface area contributed by atoms with Crippen LogP contribution in [-0.2, 0) is 11.2 Å². The van der Waals surface area contributed by atoms with Crippen molar-refractivity contribution in [2.45, 2.75) is 31.7 Å². The number of carbonyl (C=O) groups is 1. The molecule has 3 aromatic rings. The third kappa shape index (κ3) is 4.70. The van der Waals surface area contributed by atoms with Crippen molar-refractivity contribution in [1.82, 2.24) is 0 Å². The molecule has 3 aromatic carbocycles. The van der Waals surface area contributed by atoms with Crippen LogP contribution in [-0.4, -0.2) is 33.7 Å². The summed E-state index contributed by atoms with van der Waals surface area (Å²) in [6, 6.07) is 19.6. The fraction of sp³-hybridized carbons (Fsp3) is 0.345. The number of halogens is 1. The molecule has 0 radical (unpaired) electrons. The fourth-order valence-electron chi connectivity index (χ4n) is 4.87. The van der Waals surface area contributed by atoms with Gasteiger partial charge in [0.05, 0.1) is 26.2 Å². The highest BCUT2D eigenvalue weighted by Crippen LogP contribution is 2.44. The first-order valence-corrected chi connectivity index (χ1v) is 12.5. The molecule has 1 heterocycles. The highest BCUT2D eigenvalue weighted by atomic mass is 35.5. The van der Waals surface area contributed by atoms with Crippen molar-refractivity contribution in [2.24, 2.45) is 5.92 Å². The lowest BCUT2D eigenvalue weighted by molar-refractivity contribution is -0.118. The number of anilines is 2. The number of ether oxygens (including phenoxy) is 2. The SMILES string of the molecule is COc1cc2c(cc1OCC1CCC1)C(c1ccc(Cl)cc1)N(c1ccc(N(C)C)cc1)C(=O)C2. The van der Waals surface area contributed by atoms with Crippen LogP contribution in [0.5, 0.6) is 11.5 Å². The summed E-state index contributed by atoms with van der Waals surface area (Å²) in [6.45, 7) is 0.690. The molecule has 0 N–H and O–H groups in total. The Morgan fingerprint density at radius 2 is 1.71 bits per heavy atom. The molecular weight excluding hydrogens is 460 g/mol. The number of hydrogen-bond acceptors (Lipinski definition) is 4. The van der Waals surface area contributed by atoms with Gasteiger partial charge in [-0.2, -0.15) is 0 Å². The van der Waals surface area contributed by atoms with E-state index >= 15 is 0 Å². The second-order valence-corrected chi connectivity index (χ2v) is 10.1. The Morgan fingerprint density at radius 1 is 1.00 bits per heavy atom. The molecule has 0 aromatic heterocycles. The van der Waals surface area contributed by atoms with Crippen LogP contribution in [0.25, 0.3) is 0 Å². The first-order chi connectivity index (χ1) is 16.9. The van der Waals surface area contributed by atoms with E-state index in [0.29, 0.717) is 29.7 Å².